The summed E-state index contributed by atoms with van der Waals surface area (Å²) < 4.78 is 19.2. The van der Waals surface area contributed by atoms with Gasteiger partial charge in [-0.3, -0.25) is 0 Å². The lowest BCUT2D eigenvalue weighted by atomic mass is 10.2. The molecule has 1 heterocycles. The van der Waals surface area contributed by atoms with Gasteiger partial charge in [0.15, 0.2) is 5.82 Å². The second kappa shape index (κ2) is 5.37. The van der Waals surface area contributed by atoms with Gasteiger partial charge in [0.2, 0.25) is 0 Å². The van der Waals surface area contributed by atoms with Gasteiger partial charge in [0.25, 0.3) is 5.89 Å². The summed E-state index contributed by atoms with van der Waals surface area (Å²) in [7, 11) is 0. The molecule has 0 aliphatic heterocycles. The zero-order valence-electron chi connectivity index (χ0n) is 8.99. The number of hydrogen-bond donors (Lipinski definition) is 1. The van der Waals surface area contributed by atoms with Crippen LogP contribution in [0, 0.1) is 5.82 Å². The molecule has 0 aliphatic rings. The van der Waals surface area contributed by atoms with Crippen molar-refractivity contribution in [2.75, 3.05) is 6.54 Å². The van der Waals surface area contributed by atoms with E-state index >= 15 is 0 Å². The molecule has 1 aromatic carbocycles. The van der Waals surface area contributed by atoms with Gasteiger partial charge in [0.1, 0.15) is 5.82 Å². The molecule has 0 spiro atoms. The van der Waals surface area contributed by atoms with Gasteiger partial charge in [0.05, 0.1) is 5.56 Å². The van der Waals surface area contributed by atoms with Gasteiger partial charge in [0, 0.05) is 10.9 Å². The number of aryl methyl sites for hydroxylation is 1. The van der Waals surface area contributed by atoms with E-state index in [1.807, 2.05) is 0 Å². The van der Waals surface area contributed by atoms with E-state index in [0.29, 0.717) is 28.8 Å². The molecule has 0 bridgehead atoms. The highest BCUT2D eigenvalue weighted by Gasteiger charge is 2.16. The lowest BCUT2D eigenvalue weighted by Crippen LogP contribution is -2.01. The molecule has 17 heavy (non-hydrogen) atoms. The number of aromatic nitrogens is 2. The Morgan fingerprint density at radius 1 is 1.41 bits per heavy atom. The molecular weight excluding hydrogens is 289 g/mol. The van der Waals surface area contributed by atoms with E-state index in [2.05, 4.69) is 26.1 Å². The Hall–Kier alpha value is -1.27. The van der Waals surface area contributed by atoms with Gasteiger partial charge in [-0.05, 0) is 41.0 Å². The molecule has 0 saturated heterocycles. The first kappa shape index (κ1) is 12.2. The van der Waals surface area contributed by atoms with Crippen LogP contribution in [0.3, 0.4) is 0 Å². The quantitative estimate of drug-likeness (QED) is 0.942. The van der Waals surface area contributed by atoms with Crippen LogP contribution in [0.1, 0.15) is 12.2 Å². The second-order valence-electron chi connectivity index (χ2n) is 3.50. The second-order valence-corrected chi connectivity index (χ2v) is 4.36. The summed E-state index contributed by atoms with van der Waals surface area (Å²) in [5.41, 5.74) is 5.68. The number of halogens is 2. The SMILES string of the molecule is NCCCc1noc(-c2c(F)cccc2Br)n1. The Bertz CT molecular complexity index is 495. The van der Waals surface area contributed by atoms with Gasteiger partial charge in [-0.25, -0.2) is 4.39 Å². The third-order valence-electron chi connectivity index (χ3n) is 2.25. The Labute approximate surface area is 106 Å². The van der Waals surface area contributed by atoms with Crippen LogP contribution in [0.15, 0.2) is 27.2 Å². The molecule has 2 aromatic rings. The molecule has 1 aromatic heterocycles. The van der Waals surface area contributed by atoms with Crippen LogP contribution in [0.2, 0.25) is 0 Å². The zero-order valence-corrected chi connectivity index (χ0v) is 10.6. The summed E-state index contributed by atoms with van der Waals surface area (Å²) in [4.78, 5) is 4.14. The molecule has 0 saturated carbocycles. The first-order valence-electron chi connectivity index (χ1n) is 5.19. The summed E-state index contributed by atoms with van der Waals surface area (Å²) in [6, 6.07) is 4.68. The van der Waals surface area contributed by atoms with Crippen molar-refractivity contribution in [2.45, 2.75) is 12.8 Å². The zero-order chi connectivity index (χ0) is 12.3. The van der Waals surface area contributed by atoms with Crippen LogP contribution in [-0.2, 0) is 6.42 Å². The minimum atomic E-state index is -0.395. The fourth-order valence-electron chi connectivity index (χ4n) is 1.42. The Morgan fingerprint density at radius 2 is 2.24 bits per heavy atom. The van der Waals surface area contributed by atoms with Crippen molar-refractivity contribution in [3.8, 4) is 11.5 Å². The van der Waals surface area contributed by atoms with Gasteiger partial charge >= 0.3 is 0 Å². The minimum Gasteiger partial charge on any atom is -0.334 e. The van der Waals surface area contributed by atoms with Crippen LogP contribution in [0.5, 0.6) is 0 Å². The Kier molecular flexibility index (Phi) is 3.86. The Balaban J connectivity index is 2.30. The van der Waals surface area contributed by atoms with E-state index in [1.165, 1.54) is 6.07 Å². The third-order valence-corrected chi connectivity index (χ3v) is 2.91. The van der Waals surface area contributed by atoms with Crippen LogP contribution in [0.25, 0.3) is 11.5 Å². The smallest absolute Gasteiger partial charge is 0.262 e. The number of benzene rings is 1. The van der Waals surface area contributed by atoms with Crippen molar-refractivity contribution in [1.29, 1.82) is 0 Å². The van der Waals surface area contributed by atoms with Crippen molar-refractivity contribution in [3.05, 3.63) is 34.3 Å². The highest BCUT2D eigenvalue weighted by Crippen LogP contribution is 2.29. The molecular formula is C11H11BrFN3O. The molecule has 4 nitrogen and oxygen atoms in total. The lowest BCUT2D eigenvalue weighted by Gasteiger charge is -1.99. The predicted octanol–water partition coefficient (Wildman–Crippen LogP) is 2.53. The minimum absolute atomic E-state index is 0.182. The van der Waals surface area contributed by atoms with Gasteiger partial charge in [-0.15, -0.1) is 0 Å². The van der Waals surface area contributed by atoms with Gasteiger partial charge in [-0.2, -0.15) is 4.98 Å². The van der Waals surface area contributed by atoms with E-state index in [4.69, 9.17) is 10.3 Å². The standard InChI is InChI=1S/C11H11BrFN3O/c12-7-3-1-4-8(13)10(7)11-15-9(16-17-11)5-2-6-14/h1,3-4H,2,5-6,14H2. The maximum Gasteiger partial charge on any atom is 0.262 e. The molecule has 6 heteroatoms. The van der Waals surface area contributed by atoms with Crippen LogP contribution >= 0.6 is 15.9 Å². The number of rotatable bonds is 4. The van der Waals surface area contributed by atoms with Gasteiger partial charge < -0.3 is 10.3 Å². The average Bonchev–Trinajstić information content (AvgIpc) is 2.75. The van der Waals surface area contributed by atoms with Crippen molar-refractivity contribution in [1.82, 2.24) is 10.1 Å². The normalized spacial score (nSPS) is 10.8. The van der Waals surface area contributed by atoms with Crippen molar-refractivity contribution in [2.24, 2.45) is 5.73 Å². The summed E-state index contributed by atoms with van der Waals surface area (Å²) in [5, 5.41) is 3.78. The summed E-state index contributed by atoms with van der Waals surface area (Å²) >= 11 is 3.26. The first-order chi connectivity index (χ1) is 8.22. The van der Waals surface area contributed by atoms with E-state index < -0.39 is 5.82 Å². The molecule has 0 atom stereocenters. The Morgan fingerprint density at radius 3 is 2.94 bits per heavy atom. The fourth-order valence-corrected chi connectivity index (χ4v) is 1.93. The maximum atomic E-state index is 13.6. The lowest BCUT2D eigenvalue weighted by molar-refractivity contribution is 0.419. The molecule has 0 amide bonds. The molecule has 0 fully saturated rings. The summed E-state index contributed by atoms with van der Waals surface area (Å²) in [6.07, 6.45) is 1.41. The molecule has 0 unspecified atom stereocenters. The average molecular weight is 300 g/mol. The molecule has 0 radical (unpaired) electrons. The van der Waals surface area contributed by atoms with Gasteiger partial charge in [-0.1, -0.05) is 11.2 Å². The van der Waals surface area contributed by atoms with Crippen LogP contribution in [-0.4, -0.2) is 16.7 Å². The monoisotopic (exact) mass is 299 g/mol. The van der Waals surface area contributed by atoms with E-state index in [9.17, 15) is 4.39 Å². The highest BCUT2D eigenvalue weighted by atomic mass is 79.9. The van der Waals surface area contributed by atoms with Crippen molar-refractivity contribution >= 4 is 15.9 Å². The number of hydrogen-bond acceptors (Lipinski definition) is 4. The molecule has 2 rings (SSSR count). The fraction of sp³-hybridized carbons (Fsp3) is 0.273. The number of nitrogens with zero attached hydrogens (tertiary/aromatic N) is 2. The van der Waals surface area contributed by atoms with E-state index in [0.717, 1.165) is 6.42 Å². The third kappa shape index (κ3) is 2.70. The summed E-state index contributed by atoms with van der Waals surface area (Å²) in [5.74, 6) is 0.330. The maximum absolute atomic E-state index is 13.6. The molecule has 0 aliphatic carbocycles. The van der Waals surface area contributed by atoms with E-state index in [1.54, 1.807) is 12.1 Å². The van der Waals surface area contributed by atoms with Crippen molar-refractivity contribution in [3.63, 3.8) is 0 Å². The predicted molar refractivity (Wildman–Crippen MR) is 64.8 cm³/mol. The number of nitrogens with two attached hydrogens (primary N) is 1. The largest absolute Gasteiger partial charge is 0.334 e. The van der Waals surface area contributed by atoms with E-state index in [-0.39, 0.29) is 5.89 Å². The highest BCUT2D eigenvalue weighted by molar-refractivity contribution is 9.10. The van der Waals surface area contributed by atoms with Crippen molar-refractivity contribution < 1.29 is 8.91 Å². The van der Waals surface area contributed by atoms with Crippen LogP contribution in [0.4, 0.5) is 4.39 Å². The first-order valence-corrected chi connectivity index (χ1v) is 5.98. The molecule has 90 valence electrons. The van der Waals surface area contributed by atoms with Crippen LogP contribution < -0.4 is 5.73 Å². The topological polar surface area (TPSA) is 64.9 Å². The molecule has 2 N–H and O–H groups in total. The summed E-state index contributed by atoms with van der Waals surface area (Å²) in [6.45, 7) is 0.563.